The summed E-state index contributed by atoms with van der Waals surface area (Å²) in [4.78, 5) is 24.0. The lowest BCUT2D eigenvalue weighted by Crippen LogP contribution is -2.16. The van der Waals surface area contributed by atoms with Crippen LogP contribution >= 0.6 is 0 Å². The smallest absolute Gasteiger partial charge is 0.310 e. The predicted octanol–water partition coefficient (Wildman–Crippen LogP) is 4.46. The summed E-state index contributed by atoms with van der Waals surface area (Å²) < 4.78 is 18.5. The third-order valence-corrected chi connectivity index (χ3v) is 3.97. The molecule has 0 aliphatic carbocycles. The van der Waals surface area contributed by atoms with Gasteiger partial charge in [-0.05, 0) is 22.8 Å². The standard InChI is InChI=1S/C22H17FO3/c23-20-9-5-4-8-19(20)14-22(25)26-15-21(24)18-12-10-17(11-13-18)16-6-2-1-3-7-16/h1-13H,14-15H2. The van der Waals surface area contributed by atoms with E-state index in [9.17, 15) is 14.0 Å². The van der Waals surface area contributed by atoms with Crippen LogP contribution in [-0.4, -0.2) is 18.4 Å². The highest BCUT2D eigenvalue weighted by atomic mass is 19.1. The Morgan fingerprint density at radius 3 is 2.08 bits per heavy atom. The lowest BCUT2D eigenvalue weighted by Gasteiger charge is -2.06. The maximum absolute atomic E-state index is 13.5. The van der Waals surface area contributed by atoms with Crippen LogP contribution < -0.4 is 0 Å². The van der Waals surface area contributed by atoms with Gasteiger partial charge < -0.3 is 4.74 Å². The molecule has 3 aromatic rings. The van der Waals surface area contributed by atoms with Crippen molar-refractivity contribution in [3.05, 3.63) is 95.8 Å². The van der Waals surface area contributed by atoms with Gasteiger partial charge in [-0.1, -0.05) is 72.8 Å². The highest BCUT2D eigenvalue weighted by Gasteiger charge is 2.12. The average Bonchev–Trinajstić information content (AvgIpc) is 2.69. The minimum atomic E-state index is -0.635. The molecule has 0 heterocycles. The molecule has 26 heavy (non-hydrogen) atoms. The van der Waals surface area contributed by atoms with Crippen LogP contribution in [-0.2, 0) is 16.0 Å². The Morgan fingerprint density at radius 1 is 0.769 bits per heavy atom. The second kappa shape index (κ2) is 8.21. The molecule has 3 aromatic carbocycles. The number of halogens is 1. The highest BCUT2D eigenvalue weighted by Crippen LogP contribution is 2.19. The van der Waals surface area contributed by atoms with Crippen LogP contribution in [0.25, 0.3) is 11.1 Å². The van der Waals surface area contributed by atoms with Crippen molar-refractivity contribution < 1.29 is 18.7 Å². The first kappa shape index (κ1) is 17.5. The van der Waals surface area contributed by atoms with Gasteiger partial charge in [-0.2, -0.15) is 0 Å². The lowest BCUT2D eigenvalue weighted by atomic mass is 10.0. The number of benzene rings is 3. The summed E-state index contributed by atoms with van der Waals surface area (Å²) in [7, 11) is 0. The van der Waals surface area contributed by atoms with Crippen LogP contribution in [0.2, 0.25) is 0 Å². The van der Waals surface area contributed by atoms with Crippen molar-refractivity contribution in [1.82, 2.24) is 0 Å². The van der Waals surface area contributed by atoms with Crippen molar-refractivity contribution in [2.75, 3.05) is 6.61 Å². The maximum atomic E-state index is 13.5. The molecular weight excluding hydrogens is 331 g/mol. The Labute approximate surface area is 151 Å². The van der Waals surface area contributed by atoms with E-state index in [0.29, 0.717) is 5.56 Å². The first-order chi connectivity index (χ1) is 12.6. The number of hydrogen-bond donors (Lipinski definition) is 0. The van der Waals surface area contributed by atoms with Crippen molar-refractivity contribution in [3.8, 4) is 11.1 Å². The summed E-state index contributed by atoms with van der Waals surface area (Å²) in [5, 5.41) is 0. The molecule has 0 saturated carbocycles. The molecule has 0 radical (unpaired) electrons. The largest absolute Gasteiger partial charge is 0.457 e. The molecular formula is C22H17FO3. The van der Waals surface area contributed by atoms with E-state index in [1.807, 2.05) is 42.5 Å². The Bertz CT molecular complexity index is 902. The molecule has 0 bridgehead atoms. The molecule has 0 atom stereocenters. The fraction of sp³-hybridized carbons (Fsp3) is 0.0909. The first-order valence-corrected chi connectivity index (χ1v) is 8.21. The SMILES string of the molecule is O=C(Cc1ccccc1F)OCC(=O)c1ccc(-c2ccccc2)cc1. The number of hydrogen-bond acceptors (Lipinski definition) is 3. The average molecular weight is 348 g/mol. The van der Waals surface area contributed by atoms with Crippen LogP contribution in [0, 0.1) is 5.82 Å². The van der Waals surface area contributed by atoms with Gasteiger partial charge in [0.1, 0.15) is 5.82 Å². The van der Waals surface area contributed by atoms with Gasteiger partial charge in [0.25, 0.3) is 0 Å². The molecule has 0 unspecified atom stereocenters. The van der Waals surface area contributed by atoms with Crippen LogP contribution in [0.3, 0.4) is 0 Å². The molecule has 0 aromatic heterocycles. The zero-order valence-corrected chi connectivity index (χ0v) is 14.0. The zero-order chi connectivity index (χ0) is 18.4. The third kappa shape index (κ3) is 4.42. The van der Waals surface area contributed by atoms with Gasteiger partial charge in [0, 0.05) is 5.56 Å². The Morgan fingerprint density at radius 2 is 1.38 bits per heavy atom. The van der Waals surface area contributed by atoms with Crippen molar-refractivity contribution in [1.29, 1.82) is 0 Å². The number of ketones is 1. The van der Waals surface area contributed by atoms with Gasteiger partial charge in [-0.15, -0.1) is 0 Å². The number of esters is 1. The van der Waals surface area contributed by atoms with E-state index in [4.69, 9.17) is 4.74 Å². The molecule has 3 nitrogen and oxygen atoms in total. The first-order valence-electron chi connectivity index (χ1n) is 8.21. The van der Waals surface area contributed by atoms with E-state index in [1.54, 1.807) is 24.3 Å². The van der Waals surface area contributed by atoms with E-state index in [2.05, 4.69) is 0 Å². The summed E-state index contributed by atoms with van der Waals surface area (Å²) >= 11 is 0. The molecule has 4 heteroatoms. The molecule has 3 rings (SSSR count). The predicted molar refractivity (Wildman–Crippen MR) is 97.3 cm³/mol. The van der Waals surface area contributed by atoms with Crippen molar-refractivity contribution in [2.45, 2.75) is 6.42 Å². The van der Waals surface area contributed by atoms with Crippen LogP contribution in [0.1, 0.15) is 15.9 Å². The summed E-state index contributed by atoms with van der Waals surface area (Å²) in [6, 6.07) is 22.9. The molecule has 0 saturated heterocycles. The molecule has 0 aliphatic rings. The molecule has 0 N–H and O–H groups in total. The fourth-order valence-corrected chi connectivity index (χ4v) is 2.56. The Hall–Kier alpha value is -3.27. The van der Waals surface area contributed by atoms with Crippen molar-refractivity contribution in [3.63, 3.8) is 0 Å². The fourth-order valence-electron chi connectivity index (χ4n) is 2.56. The van der Waals surface area contributed by atoms with Crippen LogP contribution in [0.5, 0.6) is 0 Å². The highest BCUT2D eigenvalue weighted by molar-refractivity contribution is 5.98. The topological polar surface area (TPSA) is 43.4 Å². The second-order valence-electron chi connectivity index (χ2n) is 5.80. The monoisotopic (exact) mass is 348 g/mol. The van der Waals surface area contributed by atoms with Gasteiger partial charge in [-0.3, -0.25) is 9.59 Å². The van der Waals surface area contributed by atoms with E-state index >= 15 is 0 Å². The van der Waals surface area contributed by atoms with Gasteiger partial charge in [0.15, 0.2) is 12.4 Å². The van der Waals surface area contributed by atoms with Crippen molar-refractivity contribution >= 4 is 11.8 Å². The summed E-state index contributed by atoms with van der Waals surface area (Å²) in [6.45, 7) is -0.363. The van der Waals surface area contributed by atoms with Crippen molar-refractivity contribution in [2.24, 2.45) is 0 Å². The number of rotatable bonds is 6. The number of carbonyl (C=O) groups is 2. The van der Waals surface area contributed by atoms with E-state index < -0.39 is 11.8 Å². The summed E-state index contributed by atoms with van der Waals surface area (Å²) in [6.07, 6.45) is -0.201. The quantitative estimate of drug-likeness (QED) is 0.488. The molecule has 0 spiro atoms. The van der Waals surface area contributed by atoms with E-state index in [1.165, 1.54) is 12.1 Å². The van der Waals surface area contributed by atoms with Gasteiger partial charge in [0.2, 0.25) is 0 Å². The normalized spacial score (nSPS) is 10.3. The molecule has 130 valence electrons. The minimum Gasteiger partial charge on any atom is -0.457 e. The Kier molecular flexibility index (Phi) is 5.54. The number of carbonyl (C=O) groups excluding carboxylic acids is 2. The second-order valence-corrected chi connectivity index (χ2v) is 5.80. The minimum absolute atomic E-state index is 0.201. The lowest BCUT2D eigenvalue weighted by molar-refractivity contribution is -0.141. The van der Waals surface area contributed by atoms with E-state index in [0.717, 1.165) is 11.1 Å². The van der Waals surface area contributed by atoms with Gasteiger partial charge in [0.05, 0.1) is 6.42 Å². The Balaban J connectivity index is 1.56. The van der Waals surface area contributed by atoms with Crippen LogP contribution in [0.4, 0.5) is 4.39 Å². The molecule has 0 fully saturated rings. The molecule has 0 amide bonds. The molecule has 0 aliphatic heterocycles. The number of Topliss-reactive ketones (excluding diaryl/α,β-unsaturated/α-hetero) is 1. The maximum Gasteiger partial charge on any atom is 0.310 e. The third-order valence-electron chi connectivity index (χ3n) is 3.97. The van der Waals surface area contributed by atoms with E-state index in [-0.39, 0.29) is 24.4 Å². The summed E-state index contributed by atoms with van der Waals surface area (Å²) in [5.74, 6) is -1.40. The van der Waals surface area contributed by atoms with Crippen LogP contribution in [0.15, 0.2) is 78.9 Å². The van der Waals surface area contributed by atoms with Gasteiger partial charge >= 0.3 is 5.97 Å². The number of ether oxygens (including phenoxy) is 1. The van der Waals surface area contributed by atoms with Gasteiger partial charge in [-0.25, -0.2) is 4.39 Å². The zero-order valence-electron chi connectivity index (χ0n) is 14.0. The summed E-state index contributed by atoms with van der Waals surface area (Å²) in [5.41, 5.74) is 2.77.